The normalized spacial score (nSPS) is 15.9. The maximum absolute atomic E-state index is 13.0. The van der Waals surface area contributed by atoms with Crippen molar-refractivity contribution in [3.8, 4) is 0 Å². The van der Waals surface area contributed by atoms with Crippen molar-refractivity contribution >= 4 is 21.4 Å². The molecule has 0 saturated carbocycles. The summed E-state index contributed by atoms with van der Waals surface area (Å²) in [6, 6.07) is 10.5. The van der Waals surface area contributed by atoms with Crippen molar-refractivity contribution in [3.05, 3.63) is 59.5 Å². The van der Waals surface area contributed by atoms with Gasteiger partial charge in [0.2, 0.25) is 0 Å². The van der Waals surface area contributed by atoms with Crippen molar-refractivity contribution in [2.24, 2.45) is 0 Å². The van der Waals surface area contributed by atoms with Crippen LogP contribution in [0.3, 0.4) is 0 Å². The third-order valence-corrected chi connectivity index (χ3v) is 6.47. The molecule has 0 atom stereocenters. The van der Waals surface area contributed by atoms with Gasteiger partial charge in [0.15, 0.2) is 15.5 Å². The van der Waals surface area contributed by atoms with Crippen LogP contribution in [0.25, 0.3) is 5.65 Å². The number of amides is 1. The van der Waals surface area contributed by atoms with Crippen LogP contribution in [0, 0.1) is 6.92 Å². The van der Waals surface area contributed by atoms with Crippen molar-refractivity contribution in [1.29, 1.82) is 0 Å². The Morgan fingerprint density at radius 3 is 2.57 bits per heavy atom. The van der Waals surface area contributed by atoms with E-state index in [1.165, 1.54) is 6.07 Å². The number of benzene rings is 1. The molecule has 0 unspecified atom stereocenters. The van der Waals surface area contributed by atoms with Gasteiger partial charge in [-0.2, -0.15) is 0 Å². The van der Waals surface area contributed by atoms with Gasteiger partial charge in [-0.1, -0.05) is 12.1 Å². The molecule has 4 rings (SSSR count). The van der Waals surface area contributed by atoms with Crippen LogP contribution in [0.2, 0.25) is 0 Å². The number of pyridine rings is 1. The highest BCUT2D eigenvalue weighted by atomic mass is 32.2. The number of hydrogen-bond acceptors (Lipinski definition) is 5. The average molecular weight is 398 g/mol. The fourth-order valence-corrected chi connectivity index (χ4v) is 4.36. The van der Waals surface area contributed by atoms with Crippen LogP contribution in [-0.2, 0) is 9.84 Å². The van der Waals surface area contributed by atoms with Crippen LogP contribution >= 0.6 is 0 Å². The molecule has 28 heavy (non-hydrogen) atoms. The summed E-state index contributed by atoms with van der Waals surface area (Å²) in [6.45, 7) is 3.04. The van der Waals surface area contributed by atoms with Gasteiger partial charge >= 0.3 is 0 Å². The Balaban J connectivity index is 1.52. The zero-order valence-corrected chi connectivity index (χ0v) is 16.7. The number of likely N-dealkylation sites (tertiary alicyclic amines) is 1. The molecule has 0 spiro atoms. The fraction of sp³-hybridized carbons (Fsp3) is 0.350. The van der Waals surface area contributed by atoms with Crippen molar-refractivity contribution in [1.82, 2.24) is 19.5 Å². The molecule has 0 N–H and O–H groups in total. The predicted octanol–water partition coefficient (Wildman–Crippen LogP) is 2.46. The Hall–Kier alpha value is -2.74. The van der Waals surface area contributed by atoms with Crippen LogP contribution in [0.15, 0.2) is 47.5 Å². The lowest BCUT2D eigenvalue weighted by Gasteiger charge is -2.31. The van der Waals surface area contributed by atoms with Gasteiger partial charge in [-0.05, 0) is 49.6 Å². The van der Waals surface area contributed by atoms with Gasteiger partial charge < -0.3 is 4.90 Å². The predicted molar refractivity (Wildman–Crippen MR) is 105 cm³/mol. The van der Waals surface area contributed by atoms with Crippen molar-refractivity contribution in [2.45, 2.75) is 30.6 Å². The summed E-state index contributed by atoms with van der Waals surface area (Å²) in [4.78, 5) is 15.0. The summed E-state index contributed by atoms with van der Waals surface area (Å²) in [5.41, 5.74) is 2.06. The SMILES string of the molecule is Cc1ccc(S(C)(=O)=O)cc1C(=O)N1CCC(c2nnc3ccccn23)CC1. The molecule has 7 nitrogen and oxygen atoms in total. The summed E-state index contributed by atoms with van der Waals surface area (Å²) < 4.78 is 25.7. The quantitative estimate of drug-likeness (QED) is 0.677. The molecule has 1 aliphatic heterocycles. The van der Waals surface area contributed by atoms with Crippen LogP contribution in [0.1, 0.15) is 40.5 Å². The first-order chi connectivity index (χ1) is 13.3. The van der Waals surface area contributed by atoms with E-state index in [4.69, 9.17) is 0 Å². The molecular formula is C20H22N4O3S. The second kappa shape index (κ2) is 7.01. The number of carbonyl (C=O) groups is 1. The molecule has 1 aromatic carbocycles. The Morgan fingerprint density at radius 1 is 1.11 bits per heavy atom. The van der Waals surface area contributed by atoms with E-state index in [-0.39, 0.29) is 16.7 Å². The lowest BCUT2D eigenvalue weighted by Crippen LogP contribution is -2.38. The van der Waals surface area contributed by atoms with Crippen molar-refractivity contribution < 1.29 is 13.2 Å². The van der Waals surface area contributed by atoms with Gasteiger partial charge in [-0.25, -0.2) is 8.42 Å². The van der Waals surface area contributed by atoms with Crippen LogP contribution < -0.4 is 0 Å². The molecular weight excluding hydrogens is 376 g/mol. The van der Waals surface area contributed by atoms with E-state index in [0.717, 1.165) is 36.1 Å². The molecule has 0 radical (unpaired) electrons. The van der Waals surface area contributed by atoms with Crippen LogP contribution in [-0.4, -0.2) is 53.2 Å². The molecule has 0 aliphatic carbocycles. The molecule has 2 aromatic heterocycles. The third-order valence-electron chi connectivity index (χ3n) is 5.36. The summed E-state index contributed by atoms with van der Waals surface area (Å²) in [5, 5.41) is 8.56. The van der Waals surface area contributed by atoms with E-state index in [1.807, 2.05) is 35.7 Å². The third kappa shape index (κ3) is 3.40. The zero-order chi connectivity index (χ0) is 19.9. The maximum Gasteiger partial charge on any atom is 0.254 e. The zero-order valence-electron chi connectivity index (χ0n) is 15.9. The van der Waals surface area contributed by atoms with E-state index in [1.54, 1.807) is 17.0 Å². The highest BCUT2D eigenvalue weighted by Gasteiger charge is 2.28. The molecule has 1 amide bonds. The second-order valence-corrected chi connectivity index (χ2v) is 9.32. The summed E-state index contributed by atoms with van der Waals surface area (Å²) in [5.74, 6) is 1.05. The van der Waals surface area contributed by atoms with Crippen LogP contribution in [0.5, 0.6) is 0 Å². The number of rotatable bonds is 3. The number of nitrogens with zero attached hydrogens (tertiary/aromatic N) is 4. The summed E-state index contributed by atoms with van der Waals surface area (Å²) in [7, 11) is -3.35. The lowest BCUT2D eigenvalue weighted by molar-refractivity contribution is 0.0710. The maximum atomic E-state index is 13.0. The minimum Gasteiger partial charge on any atom is -0.339 e. The number of fused-ring (bicyclic) bond motifs is 1. The number of aromatic nitrogens is 3. The highest BCUT2D eigenvalue weighted by molar-refractivity contribution is 7.90. The Kier molecular flexibility index (Phi) is 4.66. The summed E-state index contributed by atoms with van der Waals surface area (Å²) >= 11 is 0. The minimum atomic E-state index is -3.35. The van der Waals surface area contributed by atoms with Gasteiger partial charge in [0.1, 0.15) is 5.82 Å². The molecule has 8 heteroatoms. The lowest BCUT2D eigenvalue weighted by atomic mass is 9.95. The smallest absolute Gasteiger partial charge is 0.254 e. The van der Waals surface area contributed by atoms with Crippen LogP contribution in [0.4, 0.5) is 0 Å². The molecule has 1 aliphatic rings. The number of carbonyl (C=O) groups excluding carboxylic acids is 1. The first-order valence-corrected chi connectivity index (χ1v) is 11.1. The molecule has 3 heterocycles. The fourth-order valence-electron chi connectivity index (χ4n) is 3.71. The van der Waals surface area contributed by atoms with E-state index in [0.29, 0.717) is 18.7 Å². The largest absolute Gasteiger partial charge is 0.339 e. The first kappa shape index (κ1) is 18.6. The molecule has 146 valence electrons. The Bertz CT molecular complexity index is 1150. The monoisotopic (exact) mass is 398 g/mol. The van der Waals surface area contributed by atoms with E-state index < -0.39 is 9.84 Å². The van der Waals surface area contributed by atoms with Gasteiger partial charge in [0, 0.05) is 37.0 Å². The average Bonchev–Trinajstić information content (AvgIpc) is 3.11. The second-order valence-electron chi connectivity index (χ2n) is 7.30. The van der Waals surface area contributed by atoms with Crippen molar-refractivity contribution in [2.75, 3.05) is 19.3 Å². The van der Waals surface area contributed by atoms with E-state index >= 15 is 0 Å². The first-order valence-electron chi connectivity index (χ1n) is 9.24. The molecule has 1 fully saturated rings. The van der Waals surface area contributed by atoms with E-state index in [9.17, 15) is 13.2 Å². The molecule has 0 bridgehead atoms. The van der Waals surface area contributed by atoms with Gasteiger partial charge in [0.25, 0.3) is 5.91 Å². The standard InChI is InChI=1S/C20H22N4O3S/c1-14-6-7-16(28(2,26)27)13-17(14)20(25)23-11-8-15(9-12-23)19-22-21-18-5-3-4-10-24(18)19/h3-7,10,13,15H,8-9,11-12H2,1-2H3. The van der Waals surface area contributed by atoms with Gasteiger partial charge in [-0.3, -0.25) is 9.20 Å². The summed E-state index contributed by atoms with van der Waals surface area (Å²) in [6.07, 6.45) is 4.71. The van der Waals surface area contributed by atoms with Gasteiger partial charge in [-0.15, -0.1) is 10.2 Å². The number of hydrogen-bond donors (Lipinski definition) is 0. The number of aryl methyl sites for hydroxylation is 1. The number of sulfone groups is 1. The van der Waals surface area contributed by atoms with E-state index in [2.05, 4.69) is 10.2 Å². The molecule has 1 saturated heterocycles. The van der Waals surface area contributed by atoms with Gasteiger partial charge in [0.05, 0.1) is 4.90 Å². The Morgan fingerprint density at radius 2 is 1.86 bits per heavy atom. The van der Waals surface area contributed by atoms with Crippen molar-refractivity contribution in [3.63, 3.8) is 0 Å². The highest BCUT2D eigenvalue weighted by Crippen LogP contribution is 2.28. The number of piperidine rings is 1. The topological polar surface area (TPSA) is 84.6 Å². The molecule has 3 aromatic rings. The Labute approximate surface area is 163 Å². The minimum absolute atomic E-state index is 0.118.